The molecule has 1 atom stereocenters. The number of benzene rings is 1. The molecule has 1 unspecified atom stereocenters. The average molecular weight is 244 g/mol. The Kier molecular flexibility index (Phi) is 3.79. The minimum Gasteiger partial charge on any atom is -0.392 e. The Morgan fingerprint density at radius 1 is 1.44 bits per heavy atom. The van der Waals surface area contributed by atoms with Crippen molar-refractivity contribution in [3.8, 4) is 0 Å². The van der Waals surface area contributed by atoms with E-state index in [1.807, 2.05) is 0 Å². The van der Waals surface area contributed by atoms with Gasteiger partial charge in [-0.05, 0) is 42.5 Å². The molecule has 16 heavy (non-hydrogen) atoms. The molecule has 1 aromatic rings. The van der Waals surface area contributed by atoms with Gasteiger partial charge in [-0.15, -0.1) is 0 Å². The summed E-state index contributed by atoms with van der Waals surface area (Å²) < 4.78 is 13.0. The SMILES string of the molecule is OC(CNCc1cc(F)cc(Cl)c1)C1CC1. The first kappa shape index (κ1) is 11.8. The molecule has 1 aliphatic rings. The Bertz CT molecular complexity index is 348. The lowest BCUT2D eigenvalue weighted by atomic mass is 10.2. The molecule has 2 N–H and O–H groups in total. The van der Waals surface area contributed by atoms with Gasteiger partial charge in [-0.2, -0.15) is 0 Å². The first-order valence-electron chi connectivity index (χ1n) is 5.49. The second-order valence-corrected chi connectivity index (χ2v) is 4.75. The smallest absolute Gasteiger partial charge is 0.125 e. The lowest BCUT2D eigenvalue weighted by Gasteiger charge is -2.10. The van der Waals surface area contributed by atoms with E-state index >= 15 is 0 Å². The summed E-state index contributed by atoms with van der Waals surface area (Å²) in [6, 6.07) is 4.45. The normalized spacial score (nSPS) is 17.4. The van der Waals surface area contributed by atoms with Crippen LogP contribution in [0.25, 0.3) is 0 Å². The molecular weight excluding hydrogens is 229 g/mol. The molecule has 1 aromatic carbocycles. The monoisotopic (exact) mass is 243 g/mol. The number of nitrogens with one attached hydrogen (secondary N) is 1. The van der Waals surface area contributed by atoms with Gasteiger partial charge in [0.15, 0.2) is 0 Å². The maximum atomic E-state index is 13.0. The Labute approximate surface area is 99.4 Å². The molecule has 0 radical (unpaired) electrons. The van der Waals surface area contributed by atoms with Gasteiger partial charge in [0.25, 0.3) is 0 Å². The highest BCUT2D eigenvalue weighted by molar-refractivity contribution is 6.30. The number of aliphatic hydroxyl groups is 1. The molecule has 0 heterocycles. The van der Waals surface area contributed by atoms with Crippen molar-refractivity contribution >= 4 is 11.6 Å². The second-order valence-electron chi connectivity index (χ2n) is 4.31. The van der Waals surface area contributed by atoms with E-state index in [1.165, 1.54) is 12.1 Å². The van der Waals surface area contributed by atoms with Gasteiger partial charge < -0.3 is 10.4 Å². The third-order valence-corrected chi connectivity index (χ3v) is 2.99. The Morgan fingerprint density at radius 3 is 2.81 bits per heavy atom. The van der Waals surface area contributed by atoms with Crippen LogP contribution in [0.2, 0.25) is 5.02 Å². The van der Waals surface area contributed by atoms with Gasteiger partial charge in [-0.3, -0.25) is 0 Å². The third kappa shape index (κ3) is 3.44. The number of hydrogen-bond donors (Lipinski definition) is 2. The van der Waals surface area contributed by atoms with E-state index in [0.717, 1.165) is 18.4 Å². The van der Waals surface area contributed by atoms with E-state index in [-0.39, 0.29) is 11.9 Å². The highest BCUT2D eigenvalue weighted by Gasteiger charge is 2.28. The molecule has 0 amide bonds. The van der Waals surface area contributed by atoms with Crippen LogP contribution in [0, 0.1) is 11.7 Å². The summed E-state index contributed by atoms with van der Waals surface area (Å²) in [5.41, 5.74) is 0.799. The highest BCUT2D eigenvalue weighted by Crippen LogP contribution is 2.32. The molecule has 88 valence electrons. The number of rotatable bonds is 5. The van der Waals surface area contributed by atoms with E-state index in [1.54, 1.807) is 6.07 Å². The van der Waals surface area contributed by atoms with Crippen molar-refractivity contribution < 1.29 is 9.50 Å². The van der Waals surface area contributed by atoms with E-state index in [4.69, 9.17) is 11.6 Å². The fourth-order valence-electron chi connectivity index (χ4n) is 1.73. The zero-order valence-corrected chi connectivity index (χ0v) is 9.67. The average Bonchev–Trinajstić information content (AvgIpc) is 2.98. The van der Waals surface area contributed by atoms with E-state index in [2.05, 4.69) is 5.32 Å². The largest absolute Gasteiger partial charge is 0.392 e. The summed E-state index contributed by atoms with van der Waals surface area (Å²) >= 11 is 5.73. The van der Waals surface area contributed by atoms with Crippen LogP contribution in [0.15, 0.2) is 18.2 Å². The molecule has 1 fully saturated rings. The van der Waals surface area contributed by atoms with Crippen LogP contribution in [0.5, 0.6) is 0 Å². The summed E-state index contributed by atoms with van der Waals surface area (Å²) in [7, 11) is 0. The molecule has 1 aliphatic carbocycles. The zero-order chi connectivity index (χ0) is 11.5. The maximum Gasteiger partial charge on any atom is 0.125 e. The van der Waals surface area contributed by atoms with Gasteiger partial charge in [0, 0.05) is 18.1 Å². The van der Waals surface area contributed by atoms with Crippen LogP contribution in [0.1, 0.15) is 18.4 Å². The predicted molar refractivity (Wildman–Crippen MR) is 61.8 cm³/mol. The molecule has 1 saturated carbocycles. The molecule has 0 aliphatic heterocycles. The van der Waals surface area contributed by atoms with Crippen LogP contribution in [0.4, 0.5) is 4.39 Å². The maximum absolute atomic E-state index is 13.0. The fraction of sp³-hybridized carbons (Fsp3) is 0.500. The van der Waals surface area contributed by atoms with Crippen molar-refractivity contribution in [2.24, 2.45) is 5.92 Å². The molecule has 0 saturated heterocycles. The summed E-state index contributed by atoms with van der Waals surface area (Å²) in [6.45, 7) is 1.08. The standard InChI is InChI=1S/C12H15ClFNO/c13-10-3-8(4-11(14)5-10)6-15-7-12(16)9-1-2-9/h3-5,9,12,15-16H,1-2,6-7H2. The quantitative estimate of drug-likeness (QED) is 0.832. The van der Waals surface area contributed by atoms with Crippen molar-refractivity contribution in [1.82, 2.24) is 5.32 Å². The first-order valence-corrected chi connectivity index (χ1v) is 5.86. The third-order valence-electron chi connectivity index (χ3n) is 2.77. The topological polar surface area (TPSA) is 32.3 Å². The minimum atomic E-state index is -0.327. The van der Waals surface area contributed by atoms with E-state index in [9.17, 15) is 9.50 Å². The predicted octanol–water partition coefficient (Wildman–Crippen LogP) is 2.34. The number of hydrogen-bond acceptors (Lipinski definition) is 2. The van der Waals surface area contributed by atoms with Gasteiger partial charge in [0.05, 0.1) is 6.10 Å². The first-order chi connectivity index (χ1) is 7.65. The van der Waals surface area contributed by atoms with Gasteiger partial charge in [-0.1, -0.05) is 11.6 Å². The van der Waals surface area contributed by atoms with Crippen LogP contribution in [-0.2, 0) is 6.54 Å². The van der Waals surface area contributed by atoms with Crippen molar-refractivity contribution in [2.45, 2.75) is 25.5 Å². The Hall–Kier alpha value is -0.640. The number of aliphatic hydroxyl groups excluding tert-OH is 1. The van der Waals surface area contributed by atoms with Crippen LogP contribution < -0.4 is 5.32 Å². The van der Waals surface area contributed by atoms with Gasteiger partial charge in [-0.25, -0.2) is 4.39 Å². The highest BCUT2D eigenvalue weighted by atomic mass is 35.5. The summed E-state index contributed by atoms with van der Waals surface area (Å²) in [5.74, 6) is 0.135. The Balaban J connectivity index is 1.79. The fourth-order valence-corrected chi connectivity index (χ4v) is 1.97. The molecule has 4 heteroatoms. The second kappa shape index (κ2) is 5.13. The van der Waals surface area contributed by atoms with Gasteiger partial charge in [0.1, 0.15) is 5.82 Å². The number of halogens is 2. The van der Waals surface area contributed by atoms with E-state index in [0.29, 0.717) is 24.0 Å². The molecule has 0 aromatic heterocycles. The lowest BCUT2D eigenvalue weighted by Crippen LogP contribution is -2.27. The van der Waals surface area contributed by atoms with Gasteiger partial charge in [0.2, 0.25) is 0 Å². The van der Waals surface area contributed by atoms with Crippen LogP contribution in [-0.4, -0.2) is 17.8 Å². The van der Waals surface area contributed by atoms with Gasteiger partial charge >= 0.3 is 0 Å². The van der Waals surface area contributed by atoms with Crippen molar-refractivity contribution in [1.29, 1.82) is 0 Å². The molecule has 2 rings (SSSR count). The Morgan fingerprint density at radius 2 is 2.19 bits per heavy atom. The summed E-state index contributed by atoms with van der Waals surface area (Å²) in [4.78, 5) is 0. The molecule has 0 spiro atoms. The summed E-state index contributed by atoms with van der Waals surface area (Å²) in [6.07, 6.45) is 1.97. The van der Waals surface area contributed by atoms with Crippen LogP contribution >= 0.6 is 11.6 Å². The van der Waals surface area contributed by atoms with Crippen molar-refractivity contribution in [3.63, 3.8) is 0 Å². The summed E-state index contributed by atoms with van der Waals surface area (Å²) in [5, 5.41) is 13.1. The van der Waals surface area contributed by atoms with Crippen molar-refractivity contribution in [3.05, 3.63) is 34.6 Å². The molecule has 2 nitrogen and oxygen atoms in total. The molecular formula is C12H15ClFNO. The zero-order valence-electron chi connectivity index (χ0n) is 8.92. The van der Waals surface area contributed by atoms with Crippen LogP contribution in [0.3, 0.4) is 0 Å². The van der Waals surface area contributed by atoms with E-state index < -0.39 is 0 Å². The lowest BCUT2D eigenvalue weighted by molar-refractivity contribution is 0.148. The molecule has 0 bridgehead atoms. The van der Waals surface area contributed by atoms with Crippen molar-refractivity contribution in [2.75, 3.05) is 6.54 Å². The minimum absolute atomic E-state index is 0.274.